The first kappa shape index (κ1) is 11.0. The van der Waals surface area contributed by atoms with Gasteiger partial charge in [0.25, 0.3) is 0 Å². The number of aromatic nitrogens is 1. The Kier molecular flexibility index (Phi) is 2.82. The molecule has 1 aromatic carbocycles. The Morgan fingerprint density at radius 1 is 1.17 bits per heavy atom. The van der Waals surface area contributed by atoms with E-state index in [9.17, 15) is 0 Å². The van der Waals surface area contributed by atoms with Crippen LogP contribution in [0.2, 0.25) is 0 Å². The number of hydrogen-bond donors (Lipinski definition) is 1. The first-order valence-corrected chi connectivity index (χ1v) is 5.93. The molecule has 0 aliphatic heterocycles. The topological polar surface area (TPSA) is 38.1 Å². The van der Waals surface area contributed by atoms with E-state index in [2.05, 4.69) is 22.4 Å². The Balaban J connectivity index is 2.18. The summed E-state index contributed by atoms with van der Waals surface area (Å²) < 4.78 is 5.18. The second kappa shape index (κ2) is 4.63. The van der Waals surface area contributed by atoms with Crippen molar-refractivity contribution >= 4 is 10.9 Å². The van der Waals surface area contributed by atoms with E-state index in [4.69, 9.17) is 4.42 Å². The number of hydrogen-bond acceptors (Lipinski definition) is 3. The highest BCUT2D eigenvalue weighted by atomic mass is 16.3. The van der Waals surface area contributed by atoms with Crippen molar-refractivity contribution in [2.45, 2.75) is 6.04 Å². The fourth-order valence-electron chi connectivity index (χ4n) is 2.32. The molecule has 1 atom stereocenters. The summed E-state index contributed by atoms with van der Waals surface area (Å²) in [7, 11) is 1.95. The van der Waals surface area contributed by atoms with E-state index in [0.717, 1.165) is 11.1 Å². The second-order valence-corrected chi connectivity index (χ2v) is 4.20. The minimum Gasteiger partial charge on any atom is -0.472 e. The quantitative estimate of drug-likeness (QED) is 0.761. The summed E-state index contributed by atoms with van der Waals surface area (Å²) >= 11 is 0. The average molecular weight is 238 g/mol. The van der Waals surface area contributed by atoms with E-state index >= 15 is 0 Å². The van der Waals surface area contributed by atoms with Crippen LogP contribution < -0.4 is 5.32 Å². The highest BCUT2D eigenvalue weighted by Crippen LogP contribution is 2.27. The lowest BCUT2D eigenvalue weighted by atomic mass is 9.97. The first-order chi connectivity index (χ1) is 8.90. The van der Waals surface area contributed by atoms with Crippen LogP contribution in [-0.4, -0.2) is 12.0 Å². The minimum atomic E-state index is 0.122. The van der Waals surface area contributed by atoms with Crippen LogP contribution in [0.25, 0.3) is 10.9 Å². The lowest BCUT2D eigenvalue weighted by molar-refractivity contribution is 0.557. The van der Waals surface area contributed by atoms with E-state index in [1.807, 2.05) is 37.5 Å². The molecule has 18 heavy (non-hydrogen) atoms. The second-order valence-electron chi connectivity index (χ2n) is 4.20. The highest BCUT2D eigenvalue weighted by molar-refractivity contribution is 5.82. The van der Waals surface area contributed by atoms with Crippen molar-refractivity contribution in [3.8, 4) is 0 Å². The molecule has 3 aromatic rings. The summed E-state index contributed by atoms with van der Waals surface area (Å²) in [5.74, 6) is 0. The van der Waals surface area contributed by atoms with Gasteiger partial charge in [-0.3, -0.25) is 4.98 Å². The van der Waals surface area contributed by atoms with Gasteiger partial charge in [0.2, 0.25) is 0 Å². The van der Waals surface area contributed by atoms with Gasteiger partial charge in [0.05, 0.1) is 24.1 Å². The van der Waals surface area contributed by atoms with Gasteiger partial charge in [-0.1, -0.05) is 18.2 Å². The Hall–Kier alpha value is -2.13. The van der Waals surface area contributed by atoms with Gasteiger partial charge in [0.15, 0.2) is 0 Å². The molecule has 3 heteroatoms. The van der Waals surface area contributed by atoms with Gasteiger partial charge in [0.1, 0.15) is 0 Å². The third-order valence-electron chi connectivity index (χ3n) is 3.16. The third kappa shape index (κ3) is 1.79. The molecule has 90 valence electrons. The van der Waals surface area contributed by atoms with Gasteiger partial charge < -0.3 is 9.73 Å². The monoisotopic (exact) mass is 238 g/mol. The molecule has 3 rings (SSSR count). The standard InChI is InChI=1S/C15H14N2O/c1-16-15(11-7-9-18-10-11)13-4-2-6-14-12(13)5-3-8-17-14/h2-10,15-16H,1H3. The first-order valence-electron chi connectivity index (χ1n) is 5.93. The van der Waals surface area contributed by atoms with Gasteiger partial charge in [0, 0.05) is 17.1 Å². The minimum absolute atomic E-state index is 0.122. The molecular weight excluding hydrogens is 224 g/mol. The van der Waals surface area contributed by atoms with Crippen molar-refractivity contribution < 1.29 is 4.42 Å². The largest absolute Gasteiger partial charge is 0.472 e. The normalized spacial score (nSPS) is 12.7. The van der Waals surface area contributed by atoms with Crippen molar-refractivity contribution in [2.75, 3.05) is 7.05 Å². The molecule has 0 fully saturated rings. The number of nitrogens with one attached hydrogen (secondary N) is 1. The molecule has 0 aliphatic rings. The third-order valence-corrected chi connectivity index (χ3v) is 3.16. The van der Waals surface area contributed by atoms with E-state index in [-0.39, 0.29) is 6.04 Å². The van der Waals surface area contributed by atoms with E-state index in [1.165, 1.54) is 10.9 Å². The molecule has 0 spiro atoms. The maximum atomic E-state index is 5.18. The van der Waals surface area contributed by atoms with Crippen molar-refractivity contribution in [3.05, 3.63) is 66.2 Å². The van der Waals surface area contributed by atoms with Crippen molar-refractivity contribution in [2.24, 2.45) is 0 Å². The molecule has 2 heterocycles. The summed E-state index contributed by atoms with van der Waals surface area (Å²) in [6, 6.07) is 12.4. The van der Waals surface area contributed by atoms with Crippen LogP contribution in [0, 0.1) is 0 Å². The van der Waals surface area contributed by atoms with Gasteiger partial charge >= 0.3 is 0 Å². The lowest BCUT2D eigenvalue weighted by Gasteiger charge is -2.16. The van der Waals surface area contributed by atoms with Crippen LogP contribution in [0.5, 0.6) is 0 Å². The maximum absolute atomic E-state index is 5.18. The summed E-state index contributed by atoms with van der Waals surface area (Å²) in [4.78, 5) is 4.39. The zero-order chi connectivity index (χ0) is 12.4. The number of nitrogens with zero attached hydrogens (tertiary/aromatic N) is 1. The zero-order valence-corrected chi connectivity index (χ0v) is 10.1. The van der Waals surface area contributed by atoms with Gasteiger partial charge in [-0.15, -0.1) is 0 Å². The van der Waals surface area contributed by atoms with E-state index < -0.39 is 0 Å². The number of benzene rings is 1. The summed E-state index contributed by atoms with van der Waals surface area (Å²) in [6.07, 6.45) is 5.29. The molecule has 0 saturated heterocycles. The predicted octanol–water partition coefficient (Wildman–Crippen LogP) is 3.14. The molecule has 1 unspecified atom stereocenters. The average Bonchev–Trinajstić information content (AvgIpc) is 2.94. The number of fused-ring (bicyclic) bond motifs is 1. The van der Waals surface area contributed by atoms with Crippen molar-refractivity contribution in [1.29, 1.82) is 0 Å². The van der Waals surface area contributed by atoms with Crippen LogP contribution in [0.4, 0.5) is 0 Å². The number of pyridine rings is 1. The molecule has 0 aliphatic carbocycles. The molecule has 3 nitrogen and oxygen atoms in total. The van der Waals surface area contributed by atoms with Crippen LogP contribution in [0.3, 0.4) is 0 Å². The zero-order valence-electron chi connectivity index (χ0n) is 10.1. The fourth-order valence-corrected chi connectivity index (χ4v) is 2.32. The Labute approximate surface area is 105 Å². The van der Waals surface area contributed by atoms with Crippen LogP contribution in [0.15, 0.2) is 59.5 Å². The smallest absolute Gasteiger partial charge is 0.0953 e. The SMILES string of the molecule is CNC(c1ccoc1)c1cccc2ncccc12. The van der Waals surface area contributed by atoms with Crippen LogP contribution in [-0.2, 0) is 0 Å². The van der Waals surface area contributed by atoms with E-state index in [1.54, 1.807) is 12.5 Å². The highest BCUT2D eigenvalue weighted by Gasteiger charge is 2.15. The summed E-state index contributed by atoms with van der Waals surface area (Å²) in [5, 5.41) is 4.49. The molecule has 0 radical (unpaired) electrons. The molecule has 1 N–H and O–H groups in total. The van der Waals surface area contributed by atoms with E-state index in [0.29, 0.717) is 0 Å². The molecule has 0 amide bonds. The fraction of sp³-hybridized carbons (Fsp3) is 0.133. The molecule has 2 aromatic heterocycles. The molecule has 0 saturated carbocycles. The van der Waals surface area contributed by atoms with Crippen molar-refractivity contribution in [3.63, 3.8) is 0 Å². The molecular formula is C15H14N2O. The lowest BCUT2D eigenvalue weighted by Crippen LogP contribution is -2.17. The van der Waals surface area contributed by atoms with Crippen molar-refractivity contribution in [1.82, 2.24) is 10.3 Å². The van der Waals surface area contributed by atoms with Gasteiger partial charge in [-0.25, -0.2) is 0 Å². The van der Waals surface area contributed by atoms with Crippen LogP contribution >= 0.6 is 0 Å². The number of furan rings is 1. The molecule has 0 bridgehead atoms. The van der Waals surface area contributed by atoms with Gasteiger partial charge in [-0.05, 0) is 30.8 Å². The summed E-state index contributed by atoms with van der Waals surface area (Å²) in [5.41, 5.74) is 3.34. The van der Waals surface area contributed by atoms with Gasteiger partial charge in [-0.2, -0.15) is 0 Å². The maximum Gasteiger partial charge on any atom is 0.0953 e. The van der Waals surface area contributed by atoms with Crippen LogP contribution in [0.1, 0.15) is 17.2 Å². The summed E-state index contributed by atoms with van der Waals surface area (Å²) in [6.45, 7) is 0. The number of rotatable bonds is 3. The Morgan fingerprint density at radius 3 is 2.89 bits per heavy atom. The predicted molar refractivity (Wildman–Crippen MR) is 71.4 cm³/mol. The Morgan fingerprint density at radius 2 is 2.11 bits per heavy atom. The Bertz CT molecular complexity index is 641.